The molecule has 0 bridgehead atoms. The molecular weight excluding hydrogens is 288 g/mol. The molecule has 0 aromatic carbocycles. The molecule has 0 radical (unpaired) electrons. The predicted molar refractivity (Wildman–Crippen MR) is 63.6 cm³/mol. The van der Waals surface area contributed by atoms with E-state index in [0.717, 1.165) is 27.9 Å². The lowest BCUT2D eigenvalue weighted by molar-refractivity contribution is -0.198. The van der Waals surface area contributed by atoms with Crippen LogP contribution in [0.3, 0.4) is 0 Å². The van der Waals surface area contributed by atoms with Gasteiger partial charge in [0.1, 0.15) is 0 Å². The number of rotatable bonds is 4. The van der Waals surface area contributed by atoms with E-state index in [2.05, 4.69) is 4.74 Å². The van der Waals surface area contributed by atoms with Crippen molar-refractivity contribution in [2.75, 3.05) is 7.11 Å². The van der Waals surface area contributed by atoms with Gasteiger partial charge in [0.25, 0.3) is 0 Å². The molecule has 0 N–H and O–H groups in total. The van der Waals surface area contributed by atoms with Crippen molar-refractivity contribution >= 4 is 23.9 Å². The monoisotopic (exact) mass is 304 g/mol. The highest BCUT2D eigenvalue weighted by Crippen LogP contribution is 2.28. The molecule has 0 aromatic rings. The Hall–Kier alpha value is -2.16. The fourth-order valence-electron chi connectivity index (χ4n) is 1.83. The van der Waals surface area contributed by atoms with Crippen LogP contribution < -0.4 is 0 Å². The van der Waals surface area contributed by atoms with E-state index in [1.165, 1.54) is 0 Å². The molecule has 21 heavy (non-hydrogen) atoms. The molecule has 0 spiro atoms. The summed E-state index contributed by atoms with van der Waals surface area (Å²) >= 11 is 0. The van der Waals surface area contributed by atoms with Crippen LogP contribution in [0, 0.1) is 0 Å². The van der Waals surface area contributed by atoms with E-state index >= 15 is 0 Å². The van der Waals surface area contributed by atoms with Crippen molar-refractivity contribution in [1.29, 1.82) is 0 Å². The molecule has 1 heterocycles. The number of carbonyl (C=O) groups excluding carboxylic acids is 4. The second kappa shape index (κ2) is 7.02. The van der Waals surface area contributed by atoms with Crippen LogP contribution in [0.2, 0.25) is 0 Å². The van der Waals surface area contributed by atoms with Crippen molar-refractivity contribution in [3.05, 3.63) is 0 Å². The Morgan fingerprint density at radius 2 is 1.29 bits per heavy atom. The normalized spacial score (nSPS) is 27.6. The van der Waals surface area contributed by atoms with Gasteiger partial charge in [0.15, 0.2) is 12.2 Å². The highest BCUT2D eigenvalue weighted by Gasteiger charge is 2.54. The third-order valence-electron chi connectivity index (χ3n) is 2.49. The molecule has 9 heteroatoms. The highest BCUT2D eigenvalue weighted by molar-refractivity contribution is 5.77. The summed E-state index contributed by atoms with van der Waals surface area (Å²) in [5.74, 6) is -3.01. The molecule has 0 amide bonds. The molecule has 1 aliphatic rings. The number of hydrogen-bond donors (Lipinski definition) is 0. The van der Waals surface area contributed by atoms with Crippen LogP contribution in [0.25, 0.3) is 0 Å². The lowest BCUT2D eigenvalue weighted by Gasteiger charge is -2.22. The Balaban J connectivity index is 3.05. The van der Waals surface area contributed by atoms with Gasteiger partial charge in [-0.2, -0.15) is 0 Å². The zero-order valence-corrected chi connectivity index (χ0v) is 12.0. The lowest BCUT2D eigenvalue weighted by atomic mass is 10.1. The van der Waals surface area contributed by atoms with Crippen LogP contribution in [0.5, 0.6) is 0 Å². The molecule has 1 fully saturated rings. The Labute approximate surface area is 120 Å². The summed E-state index contributed by atoms with van der Waals surface area (Å²) in [5.41, 5.74) is 0. The molecule has 0 unspecified atom stereocenters. The summed E-state index contributed by atoms with van der Waals surface area (Å²) < 4.78 is 24.4. The van der Waals surface area contributed by atoms with Crippen molar-refractivity contribution in [1.82, 2.24) is 0 Å². The average Bonchev–Trinajstić information content (AvgIpc) is 2.65. The standard InChI is InChI=1S/C12H16O9/c1-5(13)18-8-9(11(16)17-4)21-12(20-7(3)15)10(8)19-6(2)14/h8-10,12H,1-4H3/t8-,9+,10-,12-/m1/s1. The van der Waals surface area contributed by atoms with Gasteiger partial charge in [-0.1, -0.05) is 0 Å². The van der Waals surface area contributed by atoms with Crippen molar-refractivity contribution in [3.8, 4) is 0 Å². The number of ether oxygens (including phenoxy) is 5. The van der Waals surface area contributed by atoms with Crippen LogP contribution in [0.4, 0.5) is 0 Å². The Morgan fingerprint density at radius 1 is 0.810 bits per heavy atom. The lowest BCUT2D eigenvalue weighted by Crippen LogP contribution is -2.43. The predicted octanol–water partition coefficient (Wildman–Crippen LogP) is -0.689. The summed E-state index contributed by atoms with van der Waals surface area (Å²) in [5, 5.41) is 0. The van der Waals surface area contributed by atoms with Crippen LogP contribution >= 0.6 is 0 Å². The maximum Gasteiger partial charge on any atom is 0.339 e. The molecule has 118 valence electrons. The molecule has 1 saturated heterocycles. The van der Waals surface area contributed by atoms with Gasteiger partial charge in [0, 0.05) is 20.8 Å². The van der Waals surface area contributed by atoms with Crippen molar-refractivity contribution in [3.63, 3.8) is 0 Å². The first kappa shape index (κ1) is 16.9. The Kier molecular flexibility index (Phi) is 5.65. The molecule has 0 aliphatic carbocycles. The Morgan fingerprint density at radius 3 is 1.71 bits per heavy atom. The van der Waals surface area contributed by atoms with Gasteiger partial charge in [-0.25, -0.2) is 4.79 Å². The fourth-order valence-corrected chi connectivity index (χ4v) is 1.83. The number of methoxy groups -OCH3 is 1. The van der Waals surface area contributed by atoms with Crippen molar-refractivity contribution < 1.29 is 42.9 Å². The maximum absolute atomic E-state index is 11.6. The highest BCUT2D eigenvalue weighted by atomic mass is 16.8. The minimum atomic E-state index is -1.38. The first-order valence-electron chi connectivity index (χ1n) is 6.01. The summed E-state index contributed by atoms with van der Waals surface area (Å²) in [6, 6.07) is 0. The zero-order valence-electron chi connectivity index (χ0n) is 12.0. The van der Waals surface area contributed by atoms with Gasteiger partial charge in [0.2, 0.25) is 12.4 Å². The minimum Gasteiger partial charge on any atom is -0.467 e. The van der Waals surface area contributed by atoms with Crippen molar-refractivity contribution in [2.45, 2.75) is 45.4 Å². The van der Waals surface area contributed by atoms with E-state index in [9.17, 15) is 19.2 Å². The topological polar surface area (TPSA) is 114 Å². The summed E-state index contributed by atoms with van der Waals surface area (Å²) in [6.07, 6.45) is -5.28. The summed E-state index contributed by atoms with van der Waals surface area (Å²) in [4.78, 5) is 45.0. The van der Waals surface area contributed by atoms with E-state index in [0.29, 0.717) is 0 Å². The molecule has 1 aliphatic heterocycles. The molecule has 0 aromatic heterocycles. The van der Waals surface area contributed by atoms with Gasteiger partial charge in [-0.3, -0.25) is 14.4 Å². The SMILES string of the molecule is COC(=O)[C@H]1O[C@@H](OC(C)=O)[C@H](OC(C)=O)[C@@H]1OC(C)=O. The molecular formula is C12H16O9. The molecule has 0 saturated carbocycles. The molecule has 4 atom stereocenters. The first-order valence-corrected chi connectivity index (χ1v) is 6.01. The van der Waals surface area contributed by atoms with Gasteiger partial charge >= 0.3 is 23.9 Å². The second-order valence-corrected chi connectivity index (χ2v) is 4.21. The van der Waals surface area contributed by atoms with Crippen LogP contribution in [-0.2, 0) is 42.9 Å². The third-order valence-corrected chi connectivity index (χ3v) is 2.49. The average molecular weight is 304 g/mol. The quantitative estimate of drug-likeness (QED) is 0.491. The zero-order chi connectivity index (χ0) is 16.2. The largest absolute Gasteiger partial charge is 0.467 e. The summed E-state index contributed by atoms with van der Waals surface area (Å²) in [7, 11) is 1.11. The third kappa shape index (κ3) is 4.42. The van der Waals surface area contributed by atoms with E-state index in [4.69, 9.17) is 18.9 Å². The van der Waals surface area contributed by atoms with E-state index < -0.39 is 48.5 Å². The summed E-state index contributed by atoms with van der Waals surface area (Å²) in [6.45, 7) is 3.33. The number of esters is 4. The van der Waals surface area contributed by atoms with E-state index in [-0.39, 0.29) is 0 Å². The molecule has 1 rings (SSSR count). The van der Waals surface area contributed by atoms with Crippen LogP contribution in [0.15, 0.2) is 0 Å². The van der Waals surface area contributed by atoms with E-state index in [1.54, 1.807) is 0 Å². The van der Waals surface area contributed by atoms with Crippen molar-refractivity contribution in [2.24, 2.45) is 0 Å². The van der Waals surface area contributed by atoms with Gasteiger partial charge in [0.05, 0.1) is 7.11 Å². The van der Waals surface area contributed by atoms with Crippen LogP contribution in [0.1, 0.15) is 20.8 Å². The number of hydrogen-bond acceptors (Lipinski definition) is 9. The van der Waals surface area contributed by atoms with Gasteiger partial charge < -0.3 is 23.7 Å². The molecule has 9 nitrogen and oxygen atoms in total. The fraction of sp³-hybridized carbons (Fsp3) is 0.667. The second-order valence-electron chi connectivity index (χ2n) is 4.21. The first-order chi connectivity index (χ1) is 9.76. The van der Waals surface area contributed by atoms with Gasteiger partial charge in [-0.15, -0.1) is 0 Å². The number of carbonyl (C=O) groups is 4. The van der Waals surface area contributed by atoms with Crippen LogP contribution in [-0.4, -0.2) is 55.6 Å². The maximum atomic E-state index is 11.6. The smallest absolute Gasteiger partial charge is 0.339 e. The van der Waals surface area contributed by atoms with Gasteiger partial charge in [-0.05, 0) is 0 Å². The Bertz CT molecular complexity index is 444. The van der Waals surface area contributed by atoms with E-state index in [1.807, 2.05) is 0 Å². The minimum absolute atomic E-state index is 0.718.